The van der Waals surface area contributed by atoms with E-state index >= 15 is 0 Å². The summed E-state index contributed by atoms with van der Waals surface area (Å²) in [5, 5.41) is 21.7. The molecule has 0 saturated carbocycles. The number of halogens is 1. The van der Waals surface area contributed by atoms with Gasteiger partial charge in [0.15, 0.2) is 5.65 Å². The molecule has 8 heteroatoms. The number of nitrogens with one attached hydrogen (secondary N) is 2. The first-order valence-corrected chi connectivity index (χ1v) is 11.5. The van der Waals surface area contributed by atoms with Crippen LogP contribution in [0.2, 0.25) is 5.02 Å². The van der Waals surface area contributed by atoms with Crippen molar-refractivity contribution in [3.63, 3.8) is 0 Å². The molecule has 0 aliphatic carbocycles. The minimum absolute atomic E-state index is 0.541. The van der Waals surface area contributed by atoms with Gasteiger partial charge in [-0.2, -0.15) is 0 Å². The lowest BCUT2D eigenvalue weighted by Crippen LogP contribution is -2.57. The fourth-order valence-corrected chi connectivity index (χ4v) is 4.78. The first-order chi connectivity index (χ1) is 15.5. The number of pyridine rings is 1. The summed E-state index contributed by atoms with van der Waals surface area (Å²) in [5.74, 6) is 0.843. The molecule has 0 unspecified atom stereocenters. The highest BCUT2D eigenvalue weighted by Crippen LogP contribution is 2.25. The van der Waals surface area contributed by atoms with Crippen LogP contribution in [0, 0.1) is 12.3 Å². The normalized spacial score (nSPS) is 15.0. The molecule has 1 aromatic carbocycles. The molecule has 0 atom stereocenters. The number of aromatic nitrogens is 4. The van der Waals surface area contributed by atoms with Gasteiger partial charge in [-0.25, -0.2) is 0 Å². The number of benzene rings is 1. The summed E-state index contributed by atoms with van der Waals surface area (Å²) in [6.07, 6.45) is 0.679. The predicted octanol–water partition coefficient (Wildman–Crippen LogP) is 3.75. The van der Waals surface area contributed by atoms with Gasteiger partial charge in [-0.05, 0) is 49.4 Å². The van der Waals surface area contributed by atoms with Crippen molar-refractivity contribution in [3.8, 4) is 0 Å². The van der Waals surface area contributed by atoms with E-state index < -0.39 is 0 Å². The number of rotatable bonds is 8. The third kappa shape index (κ3) is 3.92. The highest BCUT2D eigenvalue weighted by Gasteiger charge is 2.24. The highest BCUT2D eigenvalue weighted by atomic mass is 35.5. The van der Waals surface area contributed by atoms with Gasteiger partial charge >= 0.3 is 0 Å². The van der Waals surface area contributed by atoms with Gasteiger partial charge in [-0.1, -0.05) is 30.7 Å². The van der Waals surface area contributed by atoms with E-state index in [-0.39, 0.29) is 0 Å². The fraction of sp³-hybridized carbons (Fsp3) is 0.375. The molecule has 0 radical (unpaired) electrons. The van der Waals surface area contributed by atoms with Crippen molar-refractivity contribution in [3.05, 3.63) is 64.6 Å². The molecule has 0 bridgehead atoms. The van der Waals surface area contributed by atoms with E-state index in [1.807, 2.05) is 31.2 Å². The SMILES string of the molecule is CCN1CC(NCCC(=N)c2cc3c(ccc4nnc(C)n43)n2Cc2cccc(Cl)c2)C1. The van der Waals surface area contributed by atoms with Crippen molar-refractivity contribution < 1.29 is 0 Å². The molecule has 1 aliphatic rings. The second-order valence-corrected chi connectivity index (χ2v) is 8.96. The minimum atomic E-state index is 0.541. The van der Waals surface area contributed by atoms with Gasteiger partial charge in [0.1, 0.15) is 5.82 Å². The largest absolute Gasteiger partial charge is 0.334 e. The van der Waals surface area contributed by atoms with Gasteiger partial charge in [0.25, 0.3) is 0 Å². The van der Waals surface area contributed by atoms with E-state index in [9.17, 15) is 0 Å². The zero-order valence-electron chi connectivity index (χ0n) is 18.5. The monoisotopic (exact) mass is 449 g/mol. The Morgan fingerprint density at radius 1 is 1.16 bits per heavy atom. The highest BCUT2D eigenvalue weighted by molar-refractivity contribution is 6.30. The van der Waals surface area contributed by atoms with Gasteiger partial charge in [-0.15, -0.1) is 10.2 Å². The molecular formula is C24H28ClN7. The maximum atomic E-state index is 8.89. The standard InChI is InChI=1S/C24H28ClN7/c1-3-30-14-19(15-30)27-10-9-20(26)22-12-23-21(7-8-24-29-28-16(2)32(23)24)31(22)13-17-5-4-6-18(25)11-17/h4-8,11-12,19,26-27H,3,9-10,13-15H2,1-2H3. The van der Waals surface area contributed by atoms with Crippen molar-refractivity contribution in [2.75, 3.05) is 26.2 Å². The van der Waals surface area contributed by atoms with Crippen LogP contribution in [0.4, 0.5) is 0 Å². The summed E-state index contributed by atoms with van der Waals surface area (Å²) in [4.78, 5) is 2.42. The van der Waals surface area contributed by atoms with Crippen LogP contribution < -0.4 is 5.32 Å². The van der Waals surface area contributed by atoms with E-state index in [1.54, 1.807) is 0 Å². The predicted molar refractivity (Wildman–Crippen MR) is 129 cm³/mol. The molecule has 4 heterocycles. The van der Waals surface area contributed by atoms with Crippen LogP contribution >= 0.6 is 11.6 Å². The Labute approximate surface area is 192 Å². The van der Waals surface area contributed by atoms with Gasteiger partial charge < -0.3 is 20.2 Å². The van der Waals surface area contributed by atoms with Crippen molar-refractivity contribution in [1.29, 1.82) is 5.41 Å². The Balaban J connectivity index is 1.46. The molecule has 1 fully saturated rings. The molecule has 4 aromatic rings. The van der Waals surface area contributed by atoms with Gasteiger partial charge in [0.2, 0.25) is 0 Å². The molecule has 166 valence electrons. The molecule has 3 aromatic heterocycles. The number of aryl methyl sites for hydroxylation is 1. The van der Waals surface area contributed by atoms with E-state index in [4.69, 9.17) is 17.0 Å². The van der Waals surface area contributed by atoms with E-state index in [1.165, 1.54) is 0 Å². The quantitative estimate of drug-likeness (QED) is 0.402. The average molecular weight is 450 g/mol. The number of likely N-dealkylation sites (N-methyl/N-ethyl adjacent to an activating group) is 1. The lowest BCUT2D eigenvalue weighted by molar-refractivity contribution is 0.135. The van der Waals surface area contributed by atoms with Crippen LogP contribution in [0.25, 0.3) is 16.7 Å². The molecule has 5 rings (SSSR count). The third-order valence-corrected chi connectivity index (χ3v) is 6.58. The van der Waals surface area contributed by atoms with Gasteiger partial charge in [-0.3, -0.25) is 4.40 Å². The lowest BCUT2D eigenvalue weighted by atomic mass is 10.1. The number of nitrogens with zero attached hydrogens (tertiary/aromatic N) is 5. The summed E-state index contributed by atoms with van der Waals surface area (Å²) in [6.45, 7) is 8.92. The van der Waals surface area contributed by atoms with Crippen LogP contribution in [-0.4, -0.2) is 62.0 Å². The molecular weight excluding hydrogens is 422 g/mol. The maximum Gasteiger partial charge on any atom is 0.161 e. The Morgan fingerprint density at radius 3 is 2.78 bits per heavy atom. The van der Waals surface area contributed by atoms with Crippen molar-refractivity contribution >= 4 is 34.0 Å². The van der Waals surface area contributed by atoms with Crippen molar-refractivity contribution in [1.82, 2.24) is 29.4 Å². The third-order valence-electron chi connectivity index (χ3n) is 6.35. The van der Waals surface area contributed by atoms with E-state index in [0.29, 0.717) is 24.7 Å². The number of likely N-dealkylation sites (tertiary alicyclic amines) is 1. The maximum absolute atomic E-state index is 8.89. The summed E-state index contributed by atoms with van der Waals surface area (Å²) in [5.41, 5.74) is 5.56. The molecule has 1 saturated heterocycles. The van der Waals surface area contributed by atoms with Crippen LogP contribution in [0.1, 0.15) is 30.4 Å². The van der Waals surface area contributed by atoms with Gasteiger partial charge in [0.05, 0.1) is 22.4 Å². The fourth-order valence-electron chi connectivity index (χ4n) is 4.57. The average Bonchev–Trinajstić information content (AvgIpc) is 3.30. The Bertz CT molecular complexity index is 1280. The molecule has 32 heavy (non-hydrogen) atoms. The summed E-state index contributed by atoms with van der Waals surface area (Å²) < 4.78 is 4.27. The smallest absolute Gasteiger partial charge is 0.161 e. The lowest BCUT2D eigenvalue weighted by Gasteiger charge is -2.39. The van der Waals surface area contributed by atoms with Crippen LogP contribution in [-0.2, 0) is 6.54 Å². The summed E-state index contributed by atoms with van der Waals surface area (Å²) >= 11 is 6.24. The first kappa shape index (κ1) is 21.1. The zero-order valence-corrected chi connectivity index (χ0v) is 19.2. The Kier molecular flexibility index (Phi) is 5.71. The molecule has 0 amide bonds. The van der Waals surface area contributed by atoms with Crippen molar-refractivity contribution in [2.45, 2.75) is 32.9 Å². The van der Waals surface area contributed by atoms with Gasteiger partial charge in [0, 0.05) is 43.7 Å². The zero-order chi connectivity index (χ0) is 22.2. The minimum Gasteiger partial charge on any atom is -0.334 e. The topological polar surface area (TPSA) is 74.2 Å². The molecule has 2 N–H and O–H groups in total. The molecule has 7 nitrogen and oxygen atoms in total. The Hall–Kier alpha value is -2.74. The number of fused-ring (bicyclic) bond motifs is 3. The van der Waals surface area contributed by atoms with Crippen LogP contribution in [0.5, 0.6) is 0 Å². The number of hydrogen-bond acceptors (Lipinski definition) is 5. The second kappa shape index (κ2) is 8.65. The molecule has 1 aliphatic heterocycles. The summed E-state index contributed by atoms with van der Waals surface area (Å²) in [6, 6.07) is 14.6. The van der Waals surface area contributed by atoms with E-state index in [2.05, 4.69) is 54.5 Å². The van der Waals surface area contributed by atoms with E-state index in [0.717, 1.165) is 65.0 Å². The summed E-state index contributed by atoms with van der Waals surface area (Å²) in [7, 11) is 0. The van der Waals surface area contributed by atoms with Crippen LogP contribution in [0.3, 0.4) is 0 Å². The first-order valence-electron chi connectivity index (χ1n) is 11.2. The van der Waals surface area contributed by atoms with Crippen molar-refractivity contribution in [2.24, 2.45) is 0 Å². The second-order valence-electron chi connectivity index (χ2n) is 8.52. The molecule has 0 spiro atoms. The van der Waals surface area contributed by atoms with Crippen LogP contribution in [0.15, 0.2) is 42.5 Å². The number of hydrogen-bond donors (Lipinski definition) is 2. The Morgan fingerprint density at radius 2 is 2.00 bits per heavy atom.